The molecule has 0 radical (unpaired) electrons. The maximum Gasteiger partial charge on any atom is 0.257 e. The highest BCUT2D eigenvalue weighted by Crippen LogP contribution is 2.21. The first kappa shape index (κ1) is 18.5. The summed E-state index contributed by atoms with van der Waals surface area (Å²) in [4.78, 5) is 26.4. The number of likely N-dealkylation sites (N-methyl/N-ethyl adjacent to an activating group) is 1. The van der Waals surface area contributed by atoms with E-state index < -0.39 is 0 Å². The molecule has 0 unspecified atom stereocenters. The number of ether oxygens (including phenoxy) is 1. The Labute approximate surface area is 148 Å². The van der Waals surface area contributed by atoms with Crippen LogP contribution in [-0.4, -0.2) is 36.9 Å². The number of nitrogens with one attached hydrogen (secondary N) is 1. The number of rotatable bonds is 6. The molecule has 5 heteroatoms. The van der Waals surface area contributed by atoms with Crippen LogP contribution in [0.1, 0.15) is 28.4 Å². The summed E-state index contributed by atoms with van der Waals surface area (Å²) in [6.07, 6.45) is 0. The molecule has 0 heterocycles. The Morgan fingerprint density at radius 1 is 1.04 bits per heavy atom. The molecule has 2 amide bonds. The number of amides is 2. The van der Waals surface area contributed by atoms with Crippen LogP contribution < -0.4 is 10.1 Å². The lowest BCUT2D eigenvalue weighted by molar-refractivity contribution is -0.116. The lowest BCUT2D eigenvalue weighted by Gasteiger charge is -2.19. The predicted octanol–water partition coefficient (Wildman–Crippen LogP) is 3.41. The zero-order chi connectivity index (χ0) is 18.4. The molecule has 0 aliphatic carbocycles. The Morgan fingerprint density at radius 3 is 2.32 bits per heavy atom. The standard InChI is InChI=1S/C20H24N2O3/c1-5-25-17-12-7-6-11-16(17)20(24)22(4)13-18(23)21-19-14(2)9-8-10-15(19)3/h6-12H,5,13H2,1-4H3,(H,21,23). The van der Waals surface area contributed by atoms with Gasteiger partial charge in [0.2, 0.25) is 5.91 Å². The summed E-state index contributed by atoms with van der Waals surface area (Å²) in [5.74, 6) is 0.0415. The maximum absolute atomic E-state index is 12.6. The fourth-order valence-electron chi connectivity index (χ4n) is 2.61. The predicted molar refractivity (Wildman–Crippen MR) is 99.1 cm³/mol. The van der Waals surface area contributed by atoms with Crippen LogP contribution in [0.15, 0.2) is 42.5 Å². The number of anilines is 1. The smallest absolute Gasteiger partial charge is 0.257 e. The van der Waals surface area contributed by atoms with Crippen LogP contribution in [0.4, 0.5) is 5.69 Å². The van der Waals surface area contributed by atoms with Crippen LogP contribution >= 0.6 is 0 Å². The average Bonchev–Trinajstić information content (AvgIpc) is 2.58. The maximum atomic E-state index is 12.6. The van der Waals surface area contributed by atoms with Gasteiger partial charge in [0.05, 0.1) is 18.7 Å². The van der Waals surface area contributed by atoms with Crippen LogP contribution in [0, 0.1) is 13.8 Å². The summed E-state index contributed by atoms with van der Waals surface area (Å²) in [6, 6.07) is 12.9. The molecule has 0 saturated heterocycles. The minimum atomic E-state index is -0.249. The summed E-state index contributed by atoms with van der Waals surface area (Å²) in [7, 11) is 1.61. The Kier molecular flexibility index (Phi) is 6.17. The SMILES string of the molecule is CCOc1ccccc1C(=O)N(C)CC(=O)Nc1c(C)cccc1C. The van der Waals surface area contributed by atoms with E-state index in [1.54, 1.807) is 25.2 Å². The molecule has 132 valence electrons. The van der Waals surface area contributed by atoms with E-state index in [9.17, 15) is 9.59 Å². The van der Waals surface area contributed by atoms with E-state index >= 15 is 0 Å². The monoisotopic (exact) mass is 340 g/mol. The topological polar surface area (TPSA) is 58.6 Å². The van der Waals surface area contributed by atoms with Crippen molar-refractivity contribution in [3.63, 3.8) is 0 Å². The third-order valence-corrected chi connectivity index (χ3v) is 3.89. The van der Waals surface area contributed by atoms with Crippen LogP contribution in [0.25, 0.3) is 0 Å². The van der Waals surface area contributed by atoms with Gasteiger partial charge in [0.25, 0.3) is 5.91 Å². The van der Waals surface area contributed by atoms with Crippen molar-refractivity contribution in [2.24, 2.45) is 0 Å². The van der Waals surface area contributed by atoms with Gasteiger partial charge in [-0.1, -0.05) is 30.3 Å². The number of benzene rings is 2. The van der Waals surface area contributed by atoms with Gasteiger partial charge >= 0.3 is 0 Å². The fraction of sp³-hybridized carbons (Fsp3) is 0.300. The average molecular weight is 340 g/mol. The van der Waals surface area contributed by atoms with Gasteiger partial charge in [-0.15, -0.1) is 0 Å². The zero-order valence-electron chi connectivity index (χ0n) is 15.1. The summed E-state index contributed by atoms with van der Waals surface area (Å²) >= 11 is 0. The van der Waals surface area contributed by atoms with Gasteiger partial charge in [-0.2, -0.15) is 0 Å². The summed E-state index contributed by atoms with van der Waals surface area (Å²) < 4.78 is 5.49. The molecule has 0 aliphatic heterocycles. The van der Waals surface area contributed by atoms with Gasteiger partial charge in [-0.3, -0.25) is 9.59 Å². The van der Waals surface area contributed by atoms with E-state index in [1.807, 2.05) is 45.0 Å². The number of carbonyl (C=O) groups is 2. The largest absolute Gasteiger partial charge is 0.493 e. The normalized spacial score (nSPS) is 10.2. The van der Waals surface area contributed by atoms with E-state index in [2.05, 4.69) is 5.32 Å². The minimum Gasteiger partial charge on any atom is -0.493 e. The van der Waals surface area contributed by atoms with Gasteiger partial charge in [-0.05, 0) is 44.0 Å². The summed E-state index contributed by atoms with van der Waals surface area (Å²) in [6.45, 7) is 6.18. The van der Waals surface area contributed by atoms with E-state index in [4.69, 9.17) is 4.74 Å². The molecule has 2 aromatic rings. The van der Waals surface area contributed by atoms with Crippen molar-refractivity contribution in [2.75, 3.05) is 25.5 Å². The van der Waals surface area contributed by atoms with Crippen LogP contribution in [0.2, 0.25) is 0 Å². The van der Waals surface area contributed by atoms with Gasteiger partial charge in [0.1, 0.15) is 5.75 Å². The Balaban J connectivity index is 2.07. The van der Waals surface area contributed by atoms with Gasteiger partial charge in [0, 0.05) is 12.7 Å². The second kappa shape index (κ2) is 8.33. The Hall–Kier alpha value is -2.82. The molecule has 5 nitrogen and oxygen atoms in total. The lowest BCUT2D eigenvalue weighted by Crippen LogP contribution is -2.35. The molecule has 2 rings (SSSR count). The van der Waals surface area contributed by atoms with E-state index in [-0.39, 0.29) is 18.4 Å². The Bertz CT molecular complexity index is 751. The molecule has 1 N–H and O–H groups in total. The summed E-state index contributed by atoms with van der Waals surface area (Å²) in [5.41, 5.74) is 3.22. The molecular weight excluding hydrogens is 316 g/mol. The molecule has 0 aromatic heterocycles. The molecule has 0 saturated carbocycles. The molecule has 25 heavy (non-hydrogen) atoms. The third-order valence-electron chi connectivity index (χ3n) is 3.89. The highest BCUT2D eigenvalue weighted by atomic mass is 16.5. The first-order valence-corrected chi connectivity index (χ1v) is 8.27. The molecular formula is C20H24N2O3. The number of hydrogen-bond donors (Lipinski definition) is 1. The first-order chi connectivity index (χ1) is 11.9. The summed E-state index contributed by atoms with van der Waals surface area (Å²) in [5, 5.41) is 2.89. The van der Waals surface area contributed by atoms with Crippen LogP contribution in [-0.2, 0) is 4.79 Å². The van der Waals surface area contributed by atoms with Crippen LogP contribution in [0.5, 0.6) is 5.75 Å². The molecule has 0 atom stereocenters. The molecule has 0 spiro atoms. The van der Waals surface area contributed by atoms with Crippen molar-refractivity contribution in [3.8, 4) is 5.75 Å². The molecule has 0 bridgehead atoms. The molecule has 0 fully saturated rings. The van der Waals surface area contributed by atoms with Gasteiger partial charge in [-0.25, -0.2) is 0 Å². The van der Waals surface area contributed by atoms with Crippen molar-refractivity contribution >= 4 is 17.5 Å². The van der Waals surface area contributed by atoms with Gasteiger partial charge < -0.3 is 15.0 Å². The number of para-hydroxylation sites is 2. The number of nitrogens with zero attached hydrogens (tertiary/aromatic N) is 1. The number of aryl methyl sites for hydroxylation is 2. The van der Waals surface area contributed by atoms with Gasteiger partial charge in [0.15, 0.2) is 0 Å². The van der Waals surface area contributed by atoms with Crippen molar-refractivity contribution < 1.29 is 14.3 Å². The zero-order valence-corrected chi connectivity index (χ0v) is 15.1. The second-order valence-corrected chi connectivity index (χ2v) is 5.91. The van der Waals surface area contributed by atoms with E-state index in [1.165, 1.54) is 4.90 Å². The molecule has 0 aliphatic rings. The number of carbonyl (C=O) groups excluding carboxylic acids is 2. The highest BCUT2D eigenvalue weighted by Gasteiger charge is 2.19. The molecule has 2 aromatic carbocycles. The fourth-order valence-corrected chi connectivity index (χ4v) is 2.61. The minimum absolute atomic E-state index is 0.0347. The van der Waals surface area contributed by atoms with Crippen molar-refractivity contribution in [1.82, 2.24) is 4.90 Å². The lowest BCUT2D eigenvalue weighted by atomic mass is 10.1. The van der Waals surface area contributed by atoms with Crippen molar-refractivity contribution in [2.45, 2.75) is 20.8 Å². The first-order valence-electron chi connectivity index (χ1n) is 8.27. The van der Waals surface area contributed by atoms with E-state index in [0.717, 1.165) is 16.8 Å². The van der Waals surface area contributed by atoms with E-state index in [0.29, 0.717) is 17.9 Å². The van der Waals surface area contributed by atoms with Crippen LogP contribution in [0.3, 0.4) is 0 Å². The van der Waals surface area contributed by atoms with Crippen molar-refractivity contribution in [1.29, 1.82) is 0 Å². The quantitative estimate of drug-likeness (QED) is 0.877. The third kappa shape index (κ3) is 4.59. The highest BCUT2D eigenvalue weighted by molar-refractivity contribution is 6.01. The second-order valence-electron chi connectivity index (χ2n) is 5.91. The van der Waals surface area contributed by atoms with Crippen molar-refractivity contribution in [3.05, 3.63) is 59.2 Å². The Morgan fingerprint density at radius 2 is 1.68 bits per heavy atom. The number of hydrogen-bond acceptors (Lipinski definition) is 3.